The van der Waals surface area contributed by atoms with Crippen molar-refractivity contribution in [2.45, 2.75) is 25.5 Å². The molecule has 0 N–H and O–H groups in total. The third kappa shape index (κ3) is 3.24. The van der Waals surface area contributed by atoms with E-state index in [2.05, 4.69) is 36.7 Å². The summed E-state index contributed by atoms with van der Waals surface area (Å²) in [5.41, 5.74) is 2.44. The van der Waals surface area contributed by atoms with E-state index in [9.17, 15) is 0 Å². The first-order chi connectivity index (χ1) is 8.22. The maximum atomic E-state index is 5.87. The highest BCUT2D eigenvalue weighted by Crippen LogP contribution is 2.23. The first-order valence-electron chi connectivity index (χ1n) is 5.55. The second kappa shape index (κ2) is 5.89. The highest BCUT2D eigenvalue weighted by Gasteiger charge is 2.08. The fraction of sp³-hybridized carbons (Fsp3) is 0.308. The Kier molecular flexibility index (Phi) is 4.48. The van der Waals surface area contributed by atoms with Crippen molar-refractivity contribution in [3.05, 3.63) is 50.4 Å². The zero-order valence-electron chi connectivity index (χ0n) is 9.61. The van der Waals surface area contributed by atoms with Crippen LogP contribution in [0.3, 0.4) is 0 Å². The van der Waals surface area contributed by atoms with Gasteiger partial charge in [-0.2, -0.15) is 12.6 Å². The van der Waals surface area contributed by atoms with Crippen LogP contribution in [0.25, 0.3) is 0 Å². The van der Waals surface area contributed by atoms with E-state index in [0.717, 1.165) is 28.6 Å². The van der Waals surface area contributed by atoms with Gasteiger partial charge in [0.05, 0.1) is 10.7 Å². The van der Waals surface area contributed by atoms with Gasteiger partial charge in [-0.15, -0.1) is 11.3 Å². The van der Waals surface area contributed by atoms with Crippen LogP contribution in [0.4, 0.5) is 0 Å². The predicted molar refractivity (Wildman–Crippen MR) is 78.4 cm³/mol. The van der Waals surface area contributed by atoms with Gasteiger partial charge in [-0.25, -0.2) is 4.98 Å². The van der Waals surface area contributed by atoms with E-state index in [1.807, 2.05) is 12.1 Å². The van der Waals surface area contributed by atoms with Crippen LogP contribution in [-0.4, -0.2) is 4.98 Å². The summed E-state index contributed by atoms with van der Waals surface area (Å²) in [6, 6.07) is 7.95. The Hall–Kier alpha value is -0.510. The standard InChI is InChI=1S/C13H14ClNS2/c1-2-11-12(8-16)17-13(15-11)7-9-3-5-10(14)6-4-9/h3-6,16H,2,7-8H2,1H3. The summed E-state index contributed by atoms with van der Waals surface area (Å²) in [4.78, 5) is 5.95. The third-order valence-electron chi connectivity index (χ3n) is 2.57. The lowest BCUT2D eigenvalue weighted by atomic mass is 10.2. The molecule has 0 aliphatic rings. The summed E-state index contributed by atoms with van der Waals surface area (Å²) in [5.74, 6) is 0.779. The molecule has 0 saturated carbocycles. The van der Waals surface area contributed by atoms with Gasteiger partial charge in [-0.05, 0) is 24.1 Å². The highest BCUT2D eigenvalue weighted by molar-refractivity contribution is 7.79. The second-order valence-electron chi connectivity index (χ2n) is 3.79. The van der Waals surface area contributed by atoms with Gasteiger partial charge in [0, 0.05) is 22.1 Å². The molecule has 0 aliphatic heterocycles. The monoisotopic (exact) mass is 283 g/mol. The molecule has 0 atom stereocenters. The Labute approximate surface area is 116 Å². The van der Waals surface area contributed by atoms with E-state index < -0.39 is 0 Å². The molecule has 4 heteroatoms. The minimum Gasteiger partial charge on any atom is -0.246 e. The molecule has 17 heavy (non-hydrogen) atoms. The van der Waals surface area contributed by atoms with Gasteiger partial charge in [0.15, 0.2) is 0 Å². The van der Waals surface area contributed by atoms with Crippen molar-refractivity contribution in [2.75, 3.05) is 0 Å². The number of benzene rings is 1. The number of aromatic nitrogens is 1. The number of thiazole rings is 1. The predicted octanol–water partition coefficient (Wildman–Crippen LogP) is 4.38. The SMILES string of the molecule is CCc1nc(Cc2ccc(Cl)cc2)sc1CS. The summed E-state index contributed by atoms with van der Waals surface area (Å²) >= 11 is 12.0. The lowest BCUT2D eigenvalue weighted by Gasteiger charge is -1.97. The molecule has 0 spiro atoms. The smallest absolute Gasteiger partial charge is 0.0975 e. The summed E-state index contributed by atoms with van der Waals surface area (Å²) in [6.07, 6.45) is 1.86. The van der Waals surface area contributed by atoms with Gasteiger partial charge >= 0.3 is 0 Å². The van der Waals surface area contributed by atoms with Crippen LogP contribution in [-0.2, 0) is 18.6 Å². The molecule has 0 bridgehead atoms. The summed E-state index contributed by atoms with van der Waals surface area (Å²) in [5, 5.41) is 1.94. The number of rotatable bonds is 4. The number of hydrogen-bond donors (Lipinski definition) is 1. The highest BCUT2D eigenvalue weighted by atomic mass is 35.5. The van der Waals surface area contributed by atoms with Crippen molar-refractivity contribution in [3.63, 3.8) is 0 Å². The van der Waals surface area contributed by atoms with Crippen LogP contribution in [0.15, 0.2) is 24.3 Å². The molecule has 90 valence electrons. The van der Waals surface area contributed by atoms with E-state index in [0.29, 0.717) is 0 Å². The van der Waals surface area contributed by atoms with Gasteiger partial charge in [0.1, 0.15) is 0 Å². The minimum atomic E-state index is 0.776. The Morgan fingerprint density at radius 1 is 1.29 bits per heavy atom. The largest absolute Gasteiger partial charge is 0.246 e. The van der Waals surface area contributed by atoms with E-state index in [1.54, 1.807) is 11.3 Å². The van der Waals surface area contributed by atoms with Gasteiger partial charge < -0.3 is 0 Å². The van der Waals surface area contributed by atoms with Crippen LogP contribution < -0.4 is 0 Å². The van der Waals surface area contributed by atoms with Crippen molar-refractivity contribution >= 4 is 35.6 Å². The zero-order valence-corrected chi connectivity index (χ0v) is 12.1. The summed E-state index contributed by atoms with van der Waals surface area (Å²) < 4.78 is 0. The normalized spacial score (nSPS) is 10.8. The van der Waals surface area contributed by atoms with E-state index >= 15 is 0 Å². The molecule has 1 heterocycles. The fourth-order valence-corrected chi connectivity index (χ4v) is 3.24. The van der Waals surface area contributed by atoms with Crippen LogP contribution in [0.5, 0.6) is 0 Å². The average molecular weight is 284 g/mol. The number of halogens is 1. The van der Waals surface area contributed by atoms with E-state index in [1.165, 1.54) is 16.1 Å². The molecule has 0 saturated heterocycles. The molecule has 0 radical (unpaired) electrons. The third-order valence-corrected chi connectivity index (χ3v) is 4.45. The van der Waals surface area contributed by atoms with Gasteiger partial charge in [0.2, 0.25) is 0 Å². The topological polar surface area (TPSA) is 12.9 Å². The van der Waals surface area contributed by atoms with Gasteiger partial charge in [-0.3, -0.25) is 0 Å². The Bertz CT molecular complexity index is 469. The number of thiol groups is 1. The maximum absolute atomic E-state index is 5.87. The summed E-state index contributed by atoms with van der Waals surface area (Å²) in [6.45, 7) is 2.13. The van der Waals surface area contributed by atoms with Crippen molar-refractivity contribution in [3.8, 4) is 0 Å². The maximum Gasteiger partial charge on any atom is 0.0975 e. The van der Waals surface area contributed by atoms with Crippen molar-refractivity contribution in [1.82, 2.24) is 4.98 Å². The molecule has 0 fully saturated rings. The minimum absolute atomic E-state index is 0.776. The first-order valence-corrected chi connectivity index (χ1v) is 7.38. The Morgan fingerprint density at radius 3 is 2.53 bits per heavy atom. The van der Waals surface area contributed by atoms with Gasteiger partial charge in [0.25, 0.3) is 0 Å². The molecule has 2 rings (SSSR count). The molecule has 0 amide bonds. The van der Waals surface area contributed by atoms with Crippen LogP contribution in [0.2, 0.25) is 5.02 Å². The van der Waals surface area contributed by atoms with Crippen LogP contribution in [0, 0.1) is 0 Å². The number of hydrogen-bond acceptors (Lipinski definition) is 3. The molecule has 0 aliphatic carbocycles. The lowest BCUT2D eigenvalue weighted by Crippen LogP contribution is -1.88. The Balaban J connectivity index is 2.18. The summed E-state index contributed by atoms with van der Waals surface area (Å²) in [7, 11) is 0. The zero-order chi connectivity index (χ0) is 12.3. The molecular weight excluding hydrogens is 270 g/mol. The average Bonchev–Trinajstić information content (AvgIpc) is 2.74. The van der Waals surface area contributed by atoms with E-state index in [-0.39, 0.29) is 0 Å². The van der Waals surface area contributed by atoms with E-state index in [4.69, 9.17) is 11.6 Å². The van der Waals surface area contributed by atoms with Crippen molar-refractivity contribution < 1.29 is 0 Å². The van der Waals surface area contributed by atoms with Crippen molar-refractivity contribution in [2.24, 2.45) is 0 Å². The fourth-order valence-electron chi connectivity index (χ4n) is 1.69. The van der Waals surface area contributed by atoms with Crippen molar-refractivity contribution in [1.29, 1.82) is 0 Å². The molecular formula is C13H14ClNS2. The number of nitrogens with zero attached hydrogens (tertiary/aromatic N) is 1. The quantitative estimate of drug-likeness (QED) is 0.822. The Morgan fingerprint density at radius 2 is 2.00 bits per heavy atom. The molecule has 2 aromatic rings. The second-order valence-corrected chi connectivity index (χ2v) is 5.71. The molecule has 1 nitrogen and oxygen atoms in total. The van der Waals surface area contributed by atoms with Gasteiger partial charge in [-0.1, -0.05) is 30.7 Å². The molecule has 0 unspecified atom stereocenters. The lowest BCUT2D eigenvalue weighted by molar-refractivity contribution is 1.00. The van der Waals surface area contributed by atoms with Crippen LogP contribution in [0.1, 0.15) is 28.1 Å². The number of aryl methyl sites for hydroxylation is 1. The first kappa shape index (κ1) is 12.9. The van der Waals surface area contributed by atoms with Crippen LogP contribution >= 0.6 is 35.6 Å². The molecule has 1 aromatic heterocycles. The molecule has 1 aromatic carbocycles.